The van der Waals surface area contributed by atoms with Gasteiger partial charge in [0.05, 0.1) is 6.54 Å². The van der Waals surface area contributed by atoms with Crippen molar-refractivity contribution >= 4 is 11.8 Å². The van der Waals surface area contributed by atoms with E-state index in [1.54, 1.807) is 19.2 Å². The van der Waals surface area contributed by atoms with Gasteiger partial charge >= 0.3 is 0 Å². The van der Waals surface area contributed by atoms with Crippen LogP contribution in [0.5, 0.6) is 0 Å². The molecule has 1 atom stereocenters. The van der Waals surface area contributed by atoms with Crippen molar-refractivity contribution in [1.29, 1.82) is 0 Å². The molecule has 0 bridgehead atoms. The number of benzene rings is 1. The first-order valence-corrected chi connectivity index (χ1v) is 8.70. The van der Waals surface area contributed by atoms with E-state index in [2.05, 4.69) is 6.92 Å². The van der Waals surface area contributed by atoms with E-state index in [0.717, 1.165) is 25.9 Å². The number of hydrogen-bond donors (Lipinski definition) is 0. The van der Waals surface area contributed by atoms with Crippen molar-refractivity contribution in [2.45, 2.75) is 40.0 Å². The summed E-state index contributed by atoms with van der Waals surface area (Å²) in [7, 11) is 1.69. The molecule has 0 aromatic heterocycles. The molecule has 23 heavy (non-hydrogen) atoms. The Kier molecular flexibility index (Phi) is 8.38. The van der Waals surface area contributed by atoms with Crippen LogP contribution in [0.1, 0.15) is 50.4 Å². The number of nitrogens with zero attached hydrogens (tertiary/aromatic N) is 2. The van der Waals surface area contributed by atoms with E-state index in [4.69, 9.17) is 0 Å². The van der Waals surface area contributed by atoms with Gasteiger partial charge in [0, 0.05) is 25.7 Å². The molecule has 0 radical (unpaired) electrons. The summed E-state index contributed by atoms with van der Waals surface area (Å²) in [5.41, 5.74) is 0.623. The summed E-state index contributed by atoms with van der Waals surface area (Å²) in [6.45, 7) is 7.99. The first kappa shape index (κ1) is 19.2. The summed E-state index contributed by atoms with van der Waals surface area (Å²) in [5, 5.41) is 0. The third-order valence-electron chi connectivity index (χ3n) is 4.19. The van der Waals surface area contributed by atoms with E-state index in [0.29, 0.717) is 11.5 Å². The van der Waals surface area contributed by atoms with Crippen molar-refractivity contribution in [3.05, 3.63) is 35.9 Å². The van der Waals surface area contributed by atoms with E-state index in [-0.39, 0.29) is 18.4 Å². The van der Waals surface area contributed by atoms with Crippen LogP contribution in [-0.4, -0.2) is 48.3 Å². The lowest BCUT2D eigenvalue weighted by atomic mass is 9.95. The molecule has 0 saturated carbocycles. The van der Waals surface area contributed by atoms with Gasteiger partial charge in [0.15, 0.2) is 0 Å². The lowest BCUT2D eigenvalue weighted by Gasteiger charge is -2.33. The van der Waals surface area contributed by atoms with Crippen LogP contribution in [0.2, 0.25) is 0 Å². The molecule has 1 unspecified atom stereocenters. The standard InChI is InChI=1S/C17H24N2O2.C2H6/c1-3-14-8-7-11-19(12-14)16(20)13-18(2)17(21)15-9-5-4-6-10-15;1-2/h4-6,9-10,14H,3,7-8,11-13H2,1-2H3;1-2H3. The second kappa shape index (κ2) is 10.0. The number of piperidine rings is 1. The summed E-state index contributed by atoms with van der Waals surface area (Å²) in [4.78, 5) is 28.0. The fourth-order valence-corrected chi connectivity index (χ4v) is 2.80. The van der Waals surface area contributed by atoms with Crippen LogP contribution >= 0.6 is 0 Å². The van der Waals surface area contributed by atoms with Crippen LogP contribution in [0.3, 0.4) is 0 Å². The van der Waals surface area contributed by atoms with Crippen molar-refractivity contribution in [3.63, 3.8) is 0 Å². The van der Waals surface area contributed by atoms with E-state index in [1.807, 2.05) is 36.9 Å². The van der Waals surface area contributed by atoms with Gasteiger partial charge in [-0.1, -0.05) is 45.4 Å². The second-order valence-electron chi connectivity index (χ2n) is 5.78. The van der Waals surface area contributed by atoms with Crippen molar-refractivity contribution < 1.29 is 9.59 Å². The molecule has 1 aliphatic rings. The van der Waals surface area contributed by atoms with Crippen molar-refractivity contribution in [3.8, 4) is 0 Å². The Morgan fingerprint density at radius 2 is 1.87 bits per heavy atom. The monoisotopic (exact) mass is 318 g/mol. The van der Waals surface area contributed by atoms with Crippen molar-refractivity contribution in [2.75, 3.05) is 26.7 Å². The van der Waals surface area contributed by atoms with E-state index < -0.39 is 0 Å². The van der Waals surface area contributed by atoms with Crippen LogP contribution < -0.4 is 0 Å². The molecule has 1 fully saturated rings. The average Bonchev–Trinajstić information content (AvgIpc) is 2.63. The van der Waals surface area contributed by atoms with E-state index in [1.165, 1.54) is 11.3 Å². The third kappa shape index (κ3) is 5.70. The van der Waals surface area contributed by atoms with Crippen molar-refractivity contribution in [2.24, 2.45) is 5.92 Å². The molecule has 2 rings (SSSR count). The number of likely N-dealkylation sites (N-methyl/N-ethyl adjacent to an activating group) is 1. The topological polar surface area (TPSA) is 40.6 Å². The molecule has 128 valence electrons. The number of carbonyl (C=O) groups is 2. The van der Waals surface area contributed by atoms with Crippen LogP contribution in [-0.2, 0) is 4.79 Å². The number of likely N-dealkylation sites (tertiary alicyclic amines) is 1. The smallest absolute Gasteiger partial charge is 0.254 e. The number of rotatable bonds is 4. The number of carbonyl (C=O) groups excluding carboxylic acids is 2. The molecular weight excluding hydrogens is 288 g/mol. The van der Waals surface area contributed by atoms with E-state index in [9.17, 15) is 9.59 Å². The number of hydrogen-bond acceptors (Lipinski definition) is 2. The van der Waals surface area contributed by atoms with Crippen LogP contribution in [0.4, 0.5) is 0 Å². The largest absolute Gasteiger partial charge is 0.341 e. The minimum Gasteiger partial charge on any atom is -0.341 e. The van der Waals surface area contributed by atoms with E-state index >= 15 is 0 Å². The summed E-state index contributed by atoms with van der Waals surface area (Å²) >= 11 is 0. The average molecular weight is 318 g/mol. The predicted octanol–water partition coefficient (Wildman–Crippen LogP) is 3.43. The zero-order chi connectivity index (χ0) is 17.2. The van der Waals surface area contributed by atoms with Crippen molar-refractivity contribution in [1.82, 2.24) is 9.80 Å². The highest BCUT2D eigenvalue weighted by Gasteiger charge is 2.24. The maximum Gasteiger partial charge on any atom is 0.254 e. The highest BCUT2D eigenvalue weighted by molar-refractivity contribution is 5.96. The Hall–Kier alpha value is -1.84. The van der Waals surface area contributed by atoms with Gasteiger partial charge in [0.1, 0.15) is 0 Å². The molecule has 1 aromatic rings. The zero-order valence-corrected chi connectivity index (χ0v) is 14.9. The van der Waals surface area contributed by atoms with Gasteiger partial charge < -0.3 is 9.80 Å². The normalized spacial score (nSPS) is 17.0. The fourth-order valence-electron chi connectivity index (χ4n) is 2.80. The summed E-state index contributed by atoms with van der Waals surface area (Å²) in [5.74, 6) is 0.561. The Morgan fingerprint density at radius 3 is 2.48 bits per heavy atom. The maximum atomic E-state index is 12.3. The summed E-state index contributed by atoms with van der Waals surface area (Å²) < 4.78 is 0. The predicted molar refractivity (Wildman–Crippen MR) is 94.3 cm³/mol. The van der Waals surface area contributed by atoms with Gasteiger partial charge in [-0.3, -0.25) is 9.59 Å². The highest BCUT2D eigenvalue weighted by Crippen LogP contribution is 2.19. The van der Waals surface area contributed by atoms with Gasteiger partial charge in [-0.25, -0.2) is 0 Å². The fraction of sp³-hybridized carbons (Fsp3) is 0.579. The van der Waals surface area contributed by atoms with Gasteiger partial charge in [-0.2, -0.15) is 0 Å². The quantitative estimate of drug-likeness (QED) is 0.853. The Morgan fingerprint density at radius 1 is 1.22 bits per heavy atom. The Labute approximate surface area is 140 Å². The first-order chi connectivity index (χ1) is 11.1. The molecule has 4 heteroatoms. The van der Waals surface area contributed by atoms with Gasteiger partial charge in [0.2, 0.25) is 5.91 Å². The maximum absolute atomic E-state index is 12.3. The summed E-state index contributed by atoms with van der Waals surface area (Å²) in [6, 6.07) is 9.09. The Balaban J connectivity index is 0.00000127. The van der Waals surface area contributed by atoms with Gasteiger partial charge in [-0.15, -0.1) is 0 Å². The lowest BCUT2D eigenvalue weighted by Crippen LogP contribution is -2.45. The minimum absolute atomic E-state index is 0.0555. The first-order valence-electron chi connectivity index (χ1n) is 8.70. The number of amides is 2. The molecule has 2 amide bonds. The molecular formula is C19H30N2O2. The molecule has 1 aromatic carbocycles. The molecule has 1 saturated heterocycles. The second-order valence-corrected chi connectivity index (χ2v) is 5.78. The minimum atomic E-state index is -0.104. The van der Waals surface area contributed by atoms with Crippen LogP contribution in [0.25, 0.3) is 0 Å². The molecule has 0 spiro atoms. The molecule has 1 heterocycles. The lowest BCUT2D eigenvalue weighted by molar-refractivity contribution is -0.133. The molecule has 0 aliphatic carbocycles. The van der Waals surface area contributed by atoms with Gasteiger partial charge in [0.25, 0.3) is 5.91 Å². The zero-order valence-electron chi connectivity index (χ0n) is 14.9. The third-order valence-corrected chi connectivity index (χ3v) is 4.19. The SMILES string of the molecule is CC.CCC1CCCN(C(=O)CN(C)C(=O)c2ccccc2)C1. The molecule has 1 aliphatic heterocycles. The van der Waals surface area contributed by atoms with Crippen LogP contribution in [0, 0.1) is 5.92 Å². The highest BCUT2D eigenvalue weighted by atomic mass is 16.2. The van der Waals surface area contributed by atoms with Crippen LogP contribution in [0.15, 0.2) is 30.3 Å². The molecule has 4 nitrogen and oxygen atoms in total. The van der Waals surface area contributed by atoms with Gasteiger partial charge in [-0.05, 0) is 30.9 Å². The Bertz CT molecular complexity index is 487. The molecule has 0 N–H and O–H groups in total. The summed E-state index contributed by atoms with van der Waals surface area (Å²) in [6.07, 6.45) is 3.39.